The molecular formula is C7H14N2. The van der Waals surface area contributed by atoms with Gasteiger partial charge >= 0.3 is 0 Å². The Morgan fingerprint density at radius 3 is 2.44 bits per heavy atom. The molecule has 2 nitrogen and oxygen atoms in total. The molecule has 0 aromatic rings. The van der Waals surface area contributed by atoms with Gasteiger partial charge in [0.15, 0.2) is 0 Å². The minimum absolute atomic E-state index is 0.456. The van der Waals surface area contributed by atoms with Crippen molar-refractivity contribution in [2.24, 2.45) is 17.6 Å². The third kappa shape index (κ3) is 0.970. The molecule has 2 rings (SSSR count). The first-order chi connectivity index (χ1) is 4.38. The Kier molecular flexibility index (Phi) is 1.24. The van der Waals surface area contributed by atoms with Gasteiger partial charge in [-0.1, -0.05) is 0 Å². The largest absolute Gasteiger partial charge is 0.326 e. The van der Waals surface area contributed by atoms with Crippen LogP contribution in [0.2, 0.25) is 0 Å². The summed E-state index contributed by atoms with van der Waals surface area (Å²) in [5, 5.41) is 3.32. The van der Waals surface area contributed by atoms with E-state index < -0.39 is 0 Å². The van der Waals surface area contributed by atoms with E-state index in [0.717, 1.165) is 18.4 Å². The van der Waals surface area contributed by atoms with Gasteiger partial charge in [-0.2, -0.15) is 0 Å². The first-order valence-electron chi connectivity index (χ1n) is 3.84. The summed E-state index contributed by atoms with van der Waals surface area (Å²) in [6.45, 7) is 2.22. The molecule has 1 heterocycles. The topological polar surface area (TPSA) is 38.0 Å². The van der Waals surface area contributed by atoms with Gasteiger partial charge in [-0.25, -0.2) is 0 Å². The number of rotatable bonds is 1. The van der Waals surface area contributed by atoms with Gasteiger partial charge in [0.25, 0.3) is 0 Å². The van der Waals surface area contributed by atoms with Crippen LogP contribution in [0.1, 0.15) is 12.8 Å². The van der Waals surface area contributed by atoms with Gasteiger partial charge in [-0.05, 0) is 31.2 Å². The van der Waals surface area contributed by atoms with Crippen molar-refractivity contribution in [3.63, 3.8) is 0 Å². The van der Waals surface area contributed by atoms with Crippen LogP contribution in [0.15, 0.2) is 0 Å². The van der Waals surface area contributed by atoms with Crippen LogP contribution in [0, 0.1) is 11.8 Å². The molecule has 1 aliphatic heterocycles. The zero-order valence-electron chi connectivity index (χ0n) is 5.64. The zero-order chi connectivity index (χ0) is 6.27. The molecule has 0 aromatic carbocycles. The number of nitrogens with one attached hydrogen (secondary N) is 1. The second-order valence-electron chi connectivity index (χ2n) is 3.32. The van der Waals surface area contributed by atoms with Crippen molar-refractivity contribution in [2.45, 2.75) is 18.9 Å². The van der Waals surface area contributed by atoms with Crippen molar-refractivity contribution in [1.29, 1.82) is 0 Å². The quantitative estimate of drug-likeness (QED) is 0.516. The Balaban J connectivity index is 1.93. The van der Waals surface area contributed by atoms with Crippen LogP contribution in [0.5, 0.6) is 0 Å². The van der Waals surface area contributed by atoms with Crippen LogP contribution in [-0.2, 0) is 0 Å². The van der Waals surface area contributed by atoms with E-state index in [9.17, 15) is 0 Å². The van der Waals surface area contributed by atoms with Crippen LogP contribution in [-0.4, -0.2) is 19.1 Å². The lowest BCUT2D eigenvalue weighted by Gasteiger charge is -2.11. The van der Waals surface area contributed by atoms with E-state index in [1.165, 1.54) is 19.4 Å². The summed E-state index contributed by atoms with van der Waals surface area (Å²) in [5.74, 6) is 1.79. The first kappa shape index (κ1) is 5.69. The van der Waals surface area contributed by atoms with Crippen LogP contribution >= 0.6 is 0 Å². The van der Waals surface area contributed by atoms with Gasteiger partial charge < -0.3 is 11.1 Å². The van der Waals surface area contributed by atoms with Crippen molar-refractivity contribution in [1.82, 2.24) is 5.32 Å². The zero-order valence-corrected chi connectivity index (χ0v) is 5.64. The molecule has 2 atom stereocenters. The molecule has 1 aliphatic carbocycles. The molecule has 2 aliphatic rings. The van der Waals surface area contributed by atoms with Crippen LogP contribution in [0.25, 0.3) is 0 Å². The predicted molar refractivity (Wildman–Crippen MR) is 37.1 cm³/mol. The third-order valence-corrected chi connectivity index (χ3v) is 2.54. The predicted octanol–water partition coefficient (Wildman–Crippen LogP) is -0.0569. The standard InChI is InChI=1S/C7H14N2/c8-7-4-9-3-6(7)5-1-2-5/h5-7,9H,1-4,8H2/t6-,7+/m1/s1. The van der Waals surface area contributed by atoms with Gasteiger partial charge in [-0.3, -0.25) is 0 Å². The fraction of sp³-hybridized carbons (Fsp3) is 1.00. The van der Waals surface area contributed by atoms with E-state index in [1.54, 1.807) is 0 Å². The maximum atomic E-state index is 5.86. The van der Waals surface area contributed by atoms with Crippen molar-refractivity contribution in [2.75, 3.05) is 13.1 Å². The molecule has 2 fully saturated rings. The molecule has 0 radical (unpaired) electrons. The molecule has 52 valence electrons. The molecule has 1 saturated carbocycles. The van der Waals surface area contributed by atoms with Crippen LogP contribution < -0.4 is 11.1 Å². The monoisotopic (exact) mass is 126 g/mol. The lowest BCUT2D eigenvalue weighted by molar-refractivity contribution is 0.455. The van der Waals surface area contributed by atoms with Gasteiger partial charge in [0.05, 0.1) is 0 Å². The Morgan fingerprint density at radius 1 is 1.22 bits per heavy atom. The van der Waals surface area contributed by atoms with Crippen molar-refractivity contribution < 1.29 is 0 Å². The second kappa shape index (κ2) is 1.96. The van der Waals surface area contributed by atoms with E-state index in [1.807, 2.05) is 0 Å². The van der Waals surface area contributed by atoms with Crippen molar-refractivity contribution >= 4 is 0 Å². The maximum absolute atomic E-state index is 5.86. The molecule has 0 unspecified atom stereocenters. The van der Waals surface area contributed by atoms with Crippen molar-refractivity contribution in [3.8, 4) is 0 Å². The van der Waals surface area contributed by atoms with E-state index in [4.69, 9.17) is 5.73 Å². The highest BCUT2D eigenvalue weighted by molar-refractivity contribution is 4.93. The van der Waals surface area contributed by atoms with E-state index in [2.05, 4.69) is 5.32 Å². The highest BCUT2D eigenvalue weighted by Crippen LogP contribution is 2.38. The van der Waals surface area contributed by atoms with Gasteiger partial charge in [0.1, 0.15) is 0 Å². The number of hydrogen-bond donors (Lipinski definition) is 2. The molecule has 3 N–H and O–H groups in total. The lowest BCUT2D eigenvalue weighted by Crippen LogP contribution is -2.29. The smallest absolute Gasteiger partial charge is 0.0208 e. The number of hydrogen-bond acceptors (Lipinski definition) is 2. The van der Waals surface area contributed by atoms with E-state index >= 15 is 0 Å². The van der Waals surface area contributed by atoms with Crippen LogP contribution in [0.4, 0.5) is 0 Å². The summed E-state index contributed by atoms with van der Waals surface area (Å²) < 4.78 is 0. The molecule has 0 amide bonds. The van der Waals surface area contributed by atoms with Gasteiger partial charge in [0, 0.05) is 12.6 Å². The summed E-state index contributed by atoms with van der Waals surface area (Å²) in [5.41, 5.74) is 5.86. The second-order valence-corrected chi connectivity index (χ2v) is 3.32. The summed E-state index contributed by atoms with van der Waals surface area (Å²) in [7, 11) is 0. The molecule has 1 saturated heterocycles. The molecule has 0 spiro atoms. The Morgan fingerprint density at radius 2 is 2.00 bits per heavy atom. The summed E-state index contributed by atoms with van der Waals surface area (Å²) >= 11 is 0. The van der Waals surface area contributed by atoms with E-state index in [0.29, 0.717) is 6.04 Å². The summed E-state index contributed by atoms with van der Waals surface area (Å²) in [6.07, 6.45) is 2.86. The molecule has 2 heteroatoms. The van der Waals surface area contributed by atoms with Crippen molar-refractivity contribution in [3.05, 3.63) is 0 Å². The maximum Gasteiger partial charge on any atom is 0.0208 e. The fourth-order valence-corrected chi connectivity index (χ4v) is 1.76. The highest BCUT2D eigenvalue weighted by Gasteiger charge is 2.37. The van der Waals surface area contributed by atoms with E-state index in [-0.39, 0.29) is 0 Å². The van der Waals surface area contributed by atoms with Gasteiger partial charge in [-0.15, -0.1) is 0 Å². The SMILES string of the molecule is N[C@H]1CNC[C@@H]1C1CC1. The Hall–Kier alpha value is -0.0800. The molecule has 0 aromatic heterocycles. The average Bonchev–Trinajstić information content (AvgIpc) is 2.58. The molecular weight excluding hydrogens is 112 g/mol. The average molecular weight is 126 g/mol. The minimum Gasteiger partial charge on any atom is -0.326 e. The first-order valence-corrected chi connectivity index (χ1v) is 3.84. The normalized spacial score (nSPS) is 43.7. The molecule has 9 heavy (non-hydrogen) atoms. The lowest BCUT2D eigenvalue weighted by atomic mass is 9.99. The third-order valence-electron chi connectivity index (χ3n) is 2.54. The Labute approximate surface area is 55.8 Å². The minimum atomic E-state index is 0.456. The fourth-order valence-electron chi connectivity index (χ4n) is 1.76. The highest BCUT2D eigenvalue weighted by atomic mass is 15.0. The summed E-state index contributed by atoms with van der Waals surface area (Å²) in [6, 6.07) is 0.456. The summed E-state index contributed by atoms with van der Waals surface area (Å²) in [4.78, 5) is 0. The molecule has 0 bridgehead atoms. The Bertz CT molecular complexity index is 109. The van der Waals surface area contributed by atoms with Crippen LogP contribution in [0.3, 0.4) is 0 Å². The van der Waals surface area contributed by atoms with Gasteiger partial charge in [0.2, 0.25) is 0 Å². The number of nitrogens with two attached hydrogens (primary N) is 1.